The molecule has 0 aliphatic rings. The Morgan fingerprint density at radius 1 is 1.38 bits per heavy atom. The SMILES string of the molecule is CCOC(=O)c1ccc2ccc(Br)nc2c1. The van der Waals surface area contributed by atoms with E-state index in [2.05, 4.69) is 20.9 Å². The first-order chi connectivity index (χ1) is 7.70. The van der Waals surface area contributed by atoms with Crippen LogP contribution in [0.5, 0.6) is 0 Å². The summed E-state index contributed by atoms with van der Waals surface area (Å²) in [5.74, 6) is -0.314. The number of fused-ring (bicyclic) bond motifs is 1. The highest BCUT2D eigenvalue weighted by Crippen LogP contribution is 2.17. The van der Waals surface area contributed by atoms with Gasteiger partial charge in [0.2, 0.25) is 0 Å². The fourth-order valence-electron chi connectivity index (χ4n) is 1.43. The third kappa shape index (κ3) is 2.22. The Kier molecular flexibility index (Phi) is 3.19. The van der Waals surface area contributed by atoms with Crippen molar-refractivity contribution >= 4 is 32.8 Å². The molecule has 0 fully saturated rings. The number of hydrogen-bond acceptors (Lipinski definition) is 3. The van der Waals surface area contributed by atoms with Gasteiger partial charge in [0.15, 0.2) is 0 Å². The lowest BCUT2D eigenvalue weighted by Gasteiger charge is -2.03. The number of carbonyl (C=O) groups excluding carboxylic acids is 1. The van der Waals surface area contributed by atoms with Crippen LogP contribution < -0.4 is 0 Å². The van der Waals surface area contributed by atoms with E-state index in [0.29, 0.717) is 12.2 Å². The van der Waals surface area contributed by atoms with Crippen molar-refractivity contribution in [3.63, 3.8) is 0 Å². The maximum Gasteiger partial charge on any atom is 0.338 e. The van der Waals surface area contributed by atoms with Gasteiger partial charge in [-0.3, -0.25) is 0 Å². The molecule has 0 amide bonds. The Hall–Kier alpha value is -1.42. The molecule has 0 saturated carbocycles. The molecule has 4 heteroatoms. The van der Waals surface area contributed by atoms with E-state index in [9.17, 15) is 4.79 Å². The molecule has 3 nitrogen and oxygen atoms in total. The van der Waals surface area contributed by atoms with Crippen molar-refractivity contribution in [1.29, 1.82) is 0 Å². The number of esters is 1. The maximum absolute atomic E-state index is 11.5. The zero-order valence-corrected chi connectivity index (χ0v) is 10.3. The summed E-state index contributed by atoms with van der Waals surface area (Å²) in [5.41, 5.74) is 1.31. The predicted molar refractivity (Wildman–Crippen MR) is 65.4 cm³/mol. The van der Waals surface area contributed by atoms with Crippen LogP contribution in [0.1, 0.15) is 17.3 Å². The first-order valence-corrected chi connectivity index (χ1v) is 5.73. The Labute approximate surface area is 102 Å². The molecule has 0 bridgehead atoms. The van der Waals surface area contributed by atoms with Gasteiger partial charge in [-0.25, -0.2) is 9.78 Å². The van der Waals surface area contributed by atoms with Gasteiger partial charge in [0.1, 0.15) is 4.60 Å². The molecule has 1 aromatic heterocycles. The van der Waals surface area contributed by atoms with Crippen LogP contribution in [0.3, 0.4) is 0 Å². The van der Waals surface area contributed by atoms with Crippen molar-refractivity contribution in [1.82, 2.24) is 4.98 Å². The predicted octanol–water partition coefficient (Wildman–Crippen LogP) is 3.17. The molecule has 2 aromatic rings. The Bertz CT molecular complexity index is 540. The number of halogens is 1. The van der Waals surface area contributed by atoms with E-state index in [1.165, 1.54) is 0 Å². The van der Waals surface area contributed by atoms with E-state index < -0.39 is 0 Å². The van der Waals surface area contributed by atoms with Crippen LogP contribution in [-0.2, 0) is 4.74 Å². The van der Waals surface area contributed by atoms with Crippen LogP contribution in [0.25, 0.3) is 10.9 Å². The fraction of sp³-hybridized carbons (Fsp3) is 0.167. The zero-order chi connectivity index (χ0) is 11.5. The molecular formula is C12H10BrNO2. The lowest BCUT2D eigenvalue weighted by Crippen LogP contribution is -2.04. The number of ether oxygens (including phenoxy) is 1. The second kappa shape index (κ2) is 4.61. The highest BCUT2D eigenvalue weighted by molar-refractivity contribution is 9.10. The maximum atomic E-state index is 11.5. The van der Waals surface area contributed by atoms with Gasteiger partial charge in [-0.05, 0) is 41.1 Å². The Balaban J connectivity index is 2.46. The van der Waals surface area contributed by atoms with Gasteiger partial charge in [-0.15, -0.1) is 0 Å². The monoisotopic (exact) mass is 279 g/mol. The van der Waals surface area contributed by atoms with Crippen LogP contribution >= 0.6 is 15.9 Å². The molecule has 1 aromatic carbocycles. The summed E-state index contributed by atoms with van der Waals surface area (Å²) >= 11 is 3.30. The molecule has 0 saturated heterocycles. The summed E-state index contributed by atoms with van der Waals surface area (Å²) < 4.78 is 5.68. The molecule has 2 rings (SSSR count). The highest BCUT2D eigenvalue weighted by Gasteiger charge is 2.07. The molecule has 0 N–H and O–H groups in total. The average Bonchev–Trinajstić information content (AvgIpc) is 2.28. The lowest BCUT2D eigenvalue weighted by atomic mass is 10.1. The fourth-order valence-corrected chi connectivity index (χ4v) is 1.76. The molecule has 0 spiro atoms. The molecular weight excluding hydrogens is 270 g/mol. The molecule has 0 aliphatic carbocycles. The van der Waals surface area contributed by atoms with Crippen molar-refractivity contribution in [3.05, 3.63) is 40.5 Å². The van der Waals surface area contributed by atoms with E-state index in [1.807, 2.05) is 18.2 Å². The van der Waals surface area contributed by atoms with Crippen LogP contribution in [0.15, 0.2) is 34.9 Å². The summed E-state index contributed by atoms with van der Waals surface area (Å²) in [7, 11) is 0. The standard InChI is InChI=1S/C12H10BrNO2/c1-2-16-12(15)9-4-3-8-5-6-11(13)14-10(8)7-9/h3-7H,2H2,1H3. The average molecular weight is 280 g/mol. The summed E-state index contributed by atoms with van der Waals surface area (Å²) in [6.07, 6.45) is 0. The van der Waals surface area contributed by atoms with E-state index >= 15 is 0 Å². The molecule has 16 heavy (non-hydrogen) atoms. The van der Waals surface area contributed by atoms with E-state index in [1.54, 1.807) is 19.1 Å². The third-order valence-corrected chi connectivity index (χ3v) is 2.61. The molecule has 0 unspecified atom stereocenters. The summed E-state index contributed by atoms with van der Waals surface area (Å²) in [6, 6.07) is 9.16. The third-order valence-electron chi connectivity index (χ3n) is 2.17. The number of carbonyl (C=O) groups is 1. The zero-order valence-electron chi connectivity index (χ0n) is 8.74. The minimum absolute atomic E-state index is 0.314. The first-order valence-electron chi connectivity index (χ1n) is 4.94. The minimum atomic E-state index is -0.314. The number of benzene rings is 1. The topological polar surface area (TPSA) is 39.2 Å². The molecule has 0 radical (unpaired) electrons. The van der Waals surface area contributed by atoms with E-state index in [0.717, 1.165) is 15.5 Å². The second-order valence-electron chi connectivity index (χ2n) is 3.26. The van der Waals surface area contributed by atoms with Gasteiger partial charge in [-0.1, -0.05) is 12.1 Å². The number of nitrogens with zero attached hydrogens (tertiary/aromatic N) is 1. The molecule has 82 valence electrons. The Morgan fingerprint density at radius 2 is 2.12 bits per heavy atom. The minimum Gasteiger partial charge on any atom is -0.462 e. The summed E-state index contributed by atoms with van der Waals surface area (Å²) in [6.45, 7) is 2.16. The summed E-state index contributed by atoms with van der Waals surface area (Å²) in [4.78, 5) is 15.8. The lowest BCUT2D eigenvalue weighted by molar-refractivity contribution is 0.0526. The van der Waals surface area contributed by atoms with E-state index in [-0.39, 0.29) is 5.97 Å². The van der Waals surface area contributed by atoms with Crippen LogP contribution in [0, 0.1) is 0 Å². The van der Waals surface area contributed by atoms with Crippen LogP contribution in [0.2, 0.25) is 0 Å². The van der Waals surface area contributed by atoms with Crippen molar-refractivity contribution in [2.75, 3.05) is 6.61 Å². The van der Waals surface area contributed by atoms with Crippen LogP contribution in [-0.4, -0.2) is 17.6 Å². The normalized spacial score (nSPS) is 10.4. The number of hydrogen-bond donors (Lipinski definition) is 0. The largest absolute Gasteiger partial charge is 0.462 e. The summed E-state index contributed by atoms with van der Waals surface area (Å²) in [5, 5.41) is 0.997. The van der Waals surface area contributed by atoms with Gasteiger partial charge >= 0.3 is 5.97 Å². The van der Waals surface area contributed by atoms with Crippen molar-refractivity contribution < 1.29 is 9.53 Å². The van der Waals surface area contributed by atoms with Gasteiger partial charge in [-0.2, -0.15) is 0 Å². The number of rotatable bonds is 2. The van der Waals surface area contributed by atoms with Crippen molar-refractivity contribution in [2.45, 2.75) is 6.92 Å². The Morgan fingerprint density at radius 3 is 2.88 bits per heavy atom. The number of pyridine rings is 1. The second-order valence-corrected chi connectivity index (χ2v) is 4.07. The smallest absolute Gasteiger partial charge is 0.338 e. The quantitative estimate of drug-likeness (QED) is 0.626. The van der Waals surface area contributed by atoms with Gasteiger partial charge < -0.3 is 4.74 Å². The molecule has 0 atom stereocenters. The highest BCUT2D eigenvalue weighted by atomic mass is 79.9. The van der Waals surface area contributed by atoms with Gasteiger partial charge in [0.25, 0.3) is 0 Å². The van der Waals surface area contributed by atoms with Gasteiger partial charge in [0.05, 0.1) is 17.7 Å². The van der Waals surface area contributed by atoms with Gasteiger partial charge in [0, 0.05) is 5.39 Å². The van der Waals surface area contributed by atoms with Crippen molar-refractivity contribution in [2.24, 2.45) is 0 Å². The van der Waals surface area contributed by atoms with Crippen molar-refractivity contribution in [3.8, 4) is 0 Å². The number of aromatic nitrogens is 1. The van der Waals surface area contributed by atoms with E-state index in [4.69, 9.17) is 4.74 Å². The first kappa shape index (κ1) is 11.1. The molecule has 0 aliphatic heterocycles. The van der Waals surface area contributed by atoms with Crippen LogP contribution in [0.4, 0.5) is 0 Å². The molecule has 1 heterocycles.